The maximum absolute atomic E-state index is 9.25. The van der Waals surface area contributed by atoms with Crippen LogP contribution in [0.3, 0.4) is 0 Å². The van der Waals surface area contributed by atoms with E-state index in [1.807, 2.05) is 12.1 Å². The van der Waals surface area contributed by atoms with E-state index in [4.69, 9.17) is 4.42 Å². The summed E-state index contributed by atoms with van der Waals surface area (Å²) >= 11 is 0. The SMILES string of the molecule is OCC1CCN(c2ccccc2NCc2ccco2)CC1. The second kappa shape index (κ2) is 6.68. The zero-order valence-electron chi connectivity index (χ0n) is 12.2. The van der Waals surface area contributed by atoms with E-state index in [0.29, 0.717) is 19.1 Å². The molecule has 2 N–H and O–H groups in total. The minimum absolute atomic E-state index is 0.312. The van der Waals surface area contributed by atoms with E-state index in [9.17, 15) is 5.11 Å². The molecular formula is C17H22N2O2. The first kappa shape index (κ1) is 14.0. The molecule has 1 aliphatic heterocycles. The molecule has 1 saturated heterocycles. The fourth-order valence-electron chi connectivity index (χ4n) is 2.85. The lowest BCUT2D eigenvalue weighted by molar-refractivity contribution is 0.203. The fraction of sp³-hybridized carbons (Fsp3) is 0.412. The first-order valence-electron chi connectivity index (χ1n) is 7.58. The van der Waals surface area contributed by atoms with Crippen LogP contribution in [0.4, 0.5) is 11.4 Å². The molecule has 1 aliphatic rings. The molecule has 4 nitrogen and oxygen atoms in total. The van der Waals surface area contributed by atoms with Gasteiger partial charge in [-0.15, -0.1) is 0 Å². The first-order chi connectivity index (χ1) is 10.4. The van der Waals surface area contributed by atoms with Crippen molar-refractivity contribution in [2.24, 2.45) is 5.92 Å². The van der Waals surface area contributed by atoms with Crippen LogP contribution in [-0.4, -0.2) is 24.8 Å². The summed E-state index contributed by atoms with van der Waals surface area (Å²) in [5.74, 6) is 1.40. The number of hydrogen-bond acceptors (Lipinski definition) is 4. The zero-order chi connectivity index (χ0) is 14.5. The topological polar surface area (TPSA) is 48.6 Å². The Morgan fingerprint density at radius 2 is 1.95 bits per heavy atom. The van der Waals surface area contributed by atoms with E-state index in [1.165, 1.54) is 5.69 Å². The standard InChI is InChI=1S/C17H22N2O2/c20-13-14-7-9-19(10-8-14)17-6-2-1-5-16(17)18-12-15-4-3-11-21-15/h1-6,11,14,18,20H,7-10,12-13H2. The molecule has 0 spiro atoms. The van der Waals surface area contributed by atoms with E-state index < -0.39 is 0 Å². The third-order valence-electron chi connectivity index (χ3n) is 4.15. The Morgan fingerprint density at radius 3 is 2.67 bits per heavy atom. The predicted molar refractivity (Wildman–Crippen MR) is 84.5 cm³/mol. The summed E-state index contributed by atoms with van der Waals surface area (Å²) in [5.41, 5.74) is 2.37. The molecule has 0 unspecified atom stereocenters. The number of piperidine rings is 1. The monoisotopic (exact) mass is 286 g/mol. The number of nitrogens with zero attached hydrogens (tertiary/aromatic N) is 1. The van der Waals surface area contributed by atoms with Crippen molar-refractivity contribution in [2.75, 3.05) is 29.9 Å². The van der Waals surface area contributed by atoms with Crippen molar-refractivity contribution < 1.29 is 9.52 Å². The highest BCUT2D eigenvalue weighted by molar-refractivity contribution is 5.70. The van der Waals surface area contributed by atoms with Gasteiger partial charge in [0, 0.05) is 19.7 Å². The third kappa shape index (κ3) is 3.39. The van der Waals surface area contributed by atoms with Crippen LogP contribution in [0.15, 0.2) is 47.1 Å². The van der Waals surface area contributed by atoms with Crippen molar-refractivity contribution in [1.29, 1.82) is 0 Å². The molecule has 0 radical (unpaired) electrons. The van der Waals surface area contributed by atoms with Crippen LogP contribution in [0.5, 0.6) is 0 Å². The number of hydrogen-bond donors (Lipinski definition) is 2. The molecule has 4 heteroatoms. The molecule has 2 heterocycles. The molecular weight excluding hydrogens is 264 g/mol. The van der Waals surface area contributed by atoms with Gasteiger partial charge in [-0.2, -0.15) is 0 Å². The van der Waals surface area contributed by atoms with Crippen molar-refractivity contribution in [3.8, 4) is 0 Å². The minimum atomic E-state index is 0.312. The number of nitrogens with one attached hydrogen (secondary N) is 1. The largest absolute Gasteiger partial charge is 0.467 e. The molecule has 1 aromatic heterocycles. The molecule has 2 aromatic rings. The van der Waals surface area contributed by atoms with Gasteiger partial charge in [0.2, 0.25) is 0 Å². The summed E-state index contributed by atoms with van der Waals surface area (Å²) in [4.78, 5) is 2.40. The Balaban J connectivity index is 1.67. The summed E-state index contributed by atoms with van der Waals surface area (Å²) in [6.07, 6.45) is 3.81. The van der Waals surface area contributed by atoms with Gasteiger partial charge in [-0.1, -0.05) is 12.1 Å². The maximum atomic E-state index is 9.25. The number of aliphatic hydroxyl groups excluding tert-OH is 1. The average molecular weight is 286 g/mol. The Hall–Kier alpha value is -1.94. The van der Waals surface area contributed by atoms with Crippen molar-refractivity contribution in [2.45, 2.75) is 19.4 Å². The number of anilines is 2. The normalized spacial score (nSPS) is 16.1. The number of furan rings is 1. The van der Waals surface area contributed by atoms with Crippen LogP contribution in [0.2, 0.25) is 0 Å². The van der Waals surface area contributed by atoms with Gasteiger partial charge in [0.1, 0.15) is 5.76 Å². The van der Waals surface area contributed by atoms with Crippen molar-refractivity contribution in [3.63, 3.8) is 0 Å². The summed E-state index contributed by atoms with van der Waals surface area (Å²) in [6.45, 7) is 3.01. The van der Waals surface area contributed by atoms with E-state index in [1.54, 1.807) is 6.26 Å². The fourth-order valence-corrected chi connectivity index (χ4v) is 2.85. The van der Waals surface area contributed by atoms with Gasteiger partial charge in [0.25, 0.3) is 0 Å². The van der Waals surface area contributed by atoms with Gasteiger partial charge in [-0.3, -0.25) is 0 Å². The number of aliphatic hydroxyl groups is 1. The van der Waals surface area contributed by atoms with Crippen molar-refractivity contribution in [1.82, 2.24) is 0 Å². The van der Waals surface area contributed by atoms with Crippen molar-refractivity contribution in [3.05, 3.63) is 48.4 Å². The van der Waals surface area contributed by atoms with Gasteiger partial charge in [-0.05, 0) is 43.0 Å². The van der Waals surface area contributed by atoms with E-state index in [2.05, 4.69) is 34.5 Å². The zero-order valence-corrected chi connectivity index (χ0v) is 12.2. The Labute approximate surface area is 125 Å². The Bertz CT molecular complexity index is 546. The lowest BCUT2D eigenvalue weighted by atomic mass is 9.97. The highest BCUT2D eigenvalue weighted by atomic mass is 16.3. The number of benzene rings is 1. The van der Waals surface area contributed by atoms with Crippen molar-refractivity contribution >= 4 is 11.4 Å². The molecule has 112 valence electrons. The Kier molecular flexibility index (Phi) is 4.46. The van der Waals surface area contributed by atoms with Gasteiger partial charge >= 0.3 is 0 Å². The maximum Gasteiger partial charge on any atom is 0.122 e. The van der Waals surface area contributed by atoms with Crippen LogP contribution in [-0.2, 0) is 6.54 Å². The average Bonchev–Trinajstić information content (AvgIpc) is 3.07. The summed E-state index contributed by atoms with van der Waals surface area (Å²) in [6, 6.07) is 12.3. The van der Waals surface area contributed by atoms with Crippen LogP contribution in [0, 0.1) is 5.92 Å². The molecule has 3 rings (SSSR count). The van der Waals surface area contributed by atoms with Gasteiger partial charge in [-0.25, -0.2) is 0 Å². The smallest absolute Gasteiger partial charge is 0.122 e. The molecule has 21 heavy (non-hydrogen) atoms. The lowest BCUT2D eigenvalue weighted by Gasteiger charge is -2.34. The molecule has 0 saturated carbocycles. The van der Waals surface area contributed by atoms with E-state index in [-0.39, 0.29) is 0 Å². The molecule has 0 aliphatic carbocycles. The number of rotatable bonds is 5. The second-order valence-corrected chi connectivity index (χ2v) is 5.56. The molecule has 0 amide bonds. The highest BCUT2D eigenvalue weighted by Crippen LogP contribution is 2.30. The number of para-hydroxylation sites is 2. The molecule has 1 aromatic carbocycles. The van der Waals surface area contributed by atoms with Crippen LogP contribution in [0.1, 0.15) is 18.6 Å². The lowest BCUT2D eigenvalue weighted by Crippen LogP contribution is -2.35. The summed E-state index contributed by atoms with van der Waals surface area (Å²) in [5, 5.41) is 12.7. The van der Waals surface area contributed by atoms with Crippen LogP contribution >= 0.6 is 0 Å². The first-order valence-corrected chi connectivity index (χ1v) is 7.58. The van der Waals surface area contributed by atoms with Gasteiger partial charge in [0.15, 0.2) is 0 Å². The summed E-state index contributed by atoms with van der Waals surface area (Å²) < 4.78 is 5.37. The predicted octanol–water partition coefficient (Wildman–Crippen LogP) is 3.10. The Morgan fingerprint density at radius 1 is 1.14 bits per heavy atom. The van der Waals surface area contributed by atoms with Gasteiger partial charge < -0.3 is 19.7 Å². The van der Waals surface area contributed by atoms with Crippen LogP contribution in [0.25, 0.3) is 0 Å². The molecule has 0 atom stereocenters. The third-order valence-corrected chi connectivity index (χ3v) is 4.15. The van der Waals surface area contributed by atoms with E-state index >= 15 is 0 Å². The van der Waals surface area contributed by atoms with Gasteiger partial charge in [0.05, 0.1) is 24.2 Å². The summed E-state index contributed by atoms with van der Waals surface area (Å²) in [7, 11) is 0. The highest BCUT2D eigenvalue weighted by Gasteiger charge is 2.20. The van der Waals surface area contributed by atoms with Crippen LogP contribution < -0.4 is 10.2 Å². The minimum Gasteiger partial charge on any atom is -0.467 e. The second-order valence-electron chi connectivity index (χ2n) is 5.56. The molecule has 1 fully saturated rings. The quantitative estimate of drug-likeness (QED) is 0.886. The molecule has 0 bridgehead atoms. The van der Waals surface area contributed by atoms with E-state index in [0.717, 1.165) is 37.4 Å².